The monoisotopic (exact) mass is 283 g/mol. The van der Waals surface area contributed by atoms with Gasteiger partial charge in [0.05, 0.1) is 0 Å². The first kappa shape index (κ1) is 15.9. The van der Waals surface area contributed by atoms with Crippen molar-refractivity contribution in [2.75, 3.05) is 0 Å². The largest absolute Gasteiger partial charge is 0.291 e. The number of hydrazine groups is 1. The molecule has 1 saturated carbocycles. The molecule has 5 heteroatoms. The van der Waals surface area contributed by atoms with Crippen LogP contribution in [0.15, 0.2) is 24.5 Å². The first-order chi connectivity index (χ1) is 8.84. The first-order valence-electron chi connectivity index (χ1n) is 6.75. The van der Waals surface area contributed by atoms with Gasteiger partial charge in [-0.3, -0.25) is 15.2 Å². The summed E-state index contributed by atoms with van der Waals surface area (Å²) in [6, 6.07) is 3.86. The van der Waals surface area contributed by atoms with Crippen LogP contribution in [-0.4, -0.2) is 10.9 Å². The van der Waals surface area contributed by atoms with Crippen LogP contribution in [0.2, 0.25) is 0 Å². The molecule has 2 rings (SSSR count). The Hall–Kier alpha value is -1.13. The van der Waals surface area contributed by atoms with Crippen molar-refractivity contribution in [3.63, 3.8) is 0 Å². The number of carbonyl (C=O) groups excluding carboxylic acids is 1. The average Bonchev–Trinajstić information content (AvgIpc) is 2.41. The number of hydrogen-bond acceptors (Lipinski definition) is 3. The summed E-state index contributed by atoms with van der Waals surface area (Å²) in [5, 5.41) is 0. The van der Waals surface area contributed by atoms with Gasteiger partial charge in [-0.05, 0) is 36.5 Å². The van der Waals surface area contributed by atoms with E-state index >= 15 is 0 Å². The van der Waals surface area contributed by atoms with E-state index < -0.39 is 0 Å². The summed E-state index contributed by atoms with van der Waals surface area (Å²) in [5.41, 5.74) is 6.85. The van der Waals surface area contributed by atoms with E-state index in [-0.39, 0.29) is 18.3 Å². The van der Waals surface area contributed by atoms with Gasteiger partial charge in [0.2, 0.25) is 5.91 Å². The highest BCUT2D eigenvalue weighted by atomic mass is 35.5. The van der Waals surface area contributed by atoms with Gasteiger partial charge in [0.25, 0.3) is 0 Å². The fraction of sp³-hybridized carbons (Fsp3) is 0.571. The van der Waals surface area contributed by atoms with Crippen molar-refractivity contribution in [1.82, 2.24) is 15.8 Å². The smallest absolute Gasteiger partial charge is 0.234 e. The Balaban J connectivity index is 0.00000180. The summed E-state index contributed by atoms with van der Waals surface area (Å²) in [6.07, 6.45) is 10.5. The summed E-state index contributed by atoms with van der Waals surface area (Å²) in [4.78, 5) is 15.7. The fourth-order valence-electron chi connectivity index (χ4n) is 2.45. The lowest BCUT2D eigenvalue weighted by Crippen LogP contribution is -2.37. The summed E-state index contributed by atoms with van der Waals surface area (Å²) in [5.74, 6) is 0.692. The Labute approximate surface area is 120 Å². The predicted molar refractivity (Wildman–Crippen MR) is 77.7 cm³/mol. The quantitative estimate of drug-likeness (QED) is 0.817. The summed E-state index contributed by atoms with van der Waals surface area (Å²) >= 11 is 0. The van der Waals surface area contributed by atoms with Gasteiger partial charge in [-0.2, -0.15) is 0 Å². The molecule has 1 heterocycles. The van der Waals surface area contributed by atoms with Crippen LogP contribution in [0.25, 0.3) is 0 Å². The van der Waals surface area contributed by atoms with E-state index in [0.717, 1.165) is 5.56 Å². The first-order valence-corrected chi connectivity index (χ1v) is 6.75. The van der Waals surface area contributed by atoms with Gasteiger partial charge in [-0.25, -0.2) is 5.43 Å². The maximum absolute atomic E-state index is 11.7. The maximum Gasteiger partial charge on any atom is 0.234 e. The molecule has 0 atom stereocenters. The maximum atomic E-state index is 11.7. The fourth-order valence-corrected chi connectivity index (χ4v) is 2.45. The molecule has 1 aliphatic carbocycles. The summed E-state index contributed by atoms with van der Waals surface area (Å²) in [7, 11) is 0. The van der Waals surface area contributed by atoms with Gasteiger partial charge >= 0.3 is 0 Å². The zero-order valence-corrected chi connectivity index (χ0v) is 11.9. The third-order valence-corrected chi connectivity index (χ3v) is 3.47. The molecule has 0 radical (unpaired) electrons. The SMILES string of the molecule is Cl.O=C(CC1CCCCC1)NNCc1ccncc1. The third-order valence-electron chi connectivity index (χ3n) is 3.47. The standard InChI is InChI=1S/C14H21N3O.ClH/c18-14(10-12-4-2-1-3-5-12)17-16-11-13-6-8-15-9-7-13;/h6-9,12,16H,1-5,10-11H2,(H,17,18);1H. The minimum absolute atomic E-state index is 0. The Bertz CT molecular complexity index is 366. The molecule has 106 valence electrons. The molecule has 0 bridgehead atoms. The predicted octanol–water partition coefficient (Wildman–Crippen LogP) is 2.59. The Morgan fingerprint density at radius 2 is 1.89 bits per heavy atom. The molecule has 1 amide bonds. The van der Waals surface area contributed by atoms with Crippen LogP contribution in [0, 0.1) is 5.92 Å². The molecule has 1 aliphatic rings. The van der Waals surface area contributed by atoms with E-state index in [2.05, 4.69) is 15.8 Å². The van der Waals surface area contributed by atoms with Gasteiger partial charge in [-0.15, -0.1) is 12.4 Å². The highest BCUT2D eigenvalue weighted by Crippen LogP contribution is 2.25. The van der Waals surface area contributed by atoms with Crippen molar-refractivity contribution >= 4 is 18.3 Å². The van der Waals surface area contributed by atoms with Crippen LogP contribution >= 0.6 is 12.4 Å². The number of nitrogens with zero attached hydrogens (tertiary/aromatic N) is 1. The molecular weight excluding hydrogens is 262 g/mol. The van der Waals surface area contributed by atoms with Crippen molar-refractivity contribution in [1.29, 1.82) is 0 Å². The molecule has 0 spiro atoms. The molecule has 1 aromatic heterocycles. The van der Waals surface area contributed by atoms with E-state index in [1.165, 1.54) is 32.1 Å². The van der Waals surface area contributed by atoms with Crippen LogP contribution in [0.1, 0.15) is 44.1 Å². The molecule has 0 saturated heterocycles. The summed E-state index contributed by atoms with van der Waals surface area (Å²) < 4.78 is 0. The zero-order chi connectivity index (χ0) is 12.6. The number of carbonyl (C=O) groups is 1. The molecule has 19 heavy (non-hydrogen) atoms. The minimum Gasteiger partial charge on any atom is -0.291 e. The van der Waals surface area contributed by atoms with Crippen molar-refractivity contribution < 1.29 is 4.79 Å². The van der Waals surface area contributed by atoms with Crippen molar-refractivity contribution in [2.45, 2.75) is 45.1 Å². The van der Waals surface area contributed by atoms with Crippen LogP contribution in [-0.2, 0) is 11.3 Å². The highest BCUT2D eigenvalue weighted by molar-refractivity contribution is 5.85. The van der Waals surface area contributed by atoms with E-state index in [1.54, 1.807) is 12.4 Å². The molecule has 0 unspecified atom stereocenters. The zero-order valence-electron chi connectivity index (χ0n) is 11.1. The highest BCUT2D eigenvalue weighted by Gasteiger charge is 2.16. The number of rotatable bonds is 5. The van der Waals surface area contributed by atoms with Crippen LogP contribution in [0.4, 0.5) is 0 Å². The molecule has 4 nitrogen and oxygen atoms in total. The van der Waals surface area contributed by atoms with E-state index in [9.17, 15) is 4.79 Å². The molecule has 2 N–H and O–H groups in total. The van der Waals surface area contributed by atoms with Crippen LogP contribution < -0.4 is 10.9 Å². The lowest BCUT2D eigenvalue weighted by molar-refractivity contribution is -0.123. The van der Waals surface area contributed by atoms with Crippen LogP contribution in [0.5, 0.6) is 0 Å². The second-order valence-corrected chi connectivity index (χ2v) is 4.97. The summed E-state index contributed by atoms with van der Waals surface area (Å²) in [6.45, 7) is 0.638. The molecule has 0 aromatic carbocycles. The van der Waals surface area contributed by atoms with Crippen LogP contribution in [0.3, 0.4) is 0 Å². The third kappa shape index (κ3) is 6.03. The Kier molecular flexibility index (Phi) is 7.45. The van der Waals surface area contributed by atoms with E-state index in [4.69, 9.17) is 0 Å². The van der Waals surface area contributed by atoms with Gasteiger partial charge in [0.1, 0.15) is 0 Å². The van der Waals surface area contributed by atoms with E-state index in [1.807, 2.05) is 12.1 Å². The second kappa shape index (κ2) is 8.88. The number of pyridine rings is 1. The number of halogens is 1. The number of amides is 1. The van der Waals surface area contributed by atoms with Gasteiger partial charge in [0, 0.05) is 25.4 Å². The molecule has 1 aromatic rings. The van der Waals surface area contributed by atoms with Gasteiger partial charge in [-0.1, -0.05) is 19.3 Å². The molecular formula is C14H22ClN3O. The Morgan fingerprint density at radius 1 is 1.21 bits per heavy atom. The molecule has 0 aliphatic heterocycles. The lowest BCUT2D eigenvalue weighted by Gasteiger charge is -2.20. The number of nitrogens with one attached hydrogen (secondary N) is 2. The van der Waals surface area contributed by atoms with Crippen molar-refractivity contribution in [3.8, 4) is 0 Å². The van der Waals surface area contributed by atoms with Crippen molar-refractivity contribution in [3.05, 3.63) is 30.1 Å². The second-order valence-electron chi connectivity index (χ2n) is 4.97. The lowest BCUT2D eigenvalue weighted by atomic mass is 9.87. The average molecular weight is 284 g/mol. The number of hydrogen-bond donors (Lipinski definition) is 2. The van der Waals surface area contributed by atoms with Gasteiger partial charge in [0.15, 0.2) is 0 Å². The molecule has 1 fully saturated rings. The minimum atomic E-state index is 0. The normalized spacial score (nSPS) is 15.6. The van der Waals surface area contributed by atoms with Gasteiger partial charge < -0.3 is 0 Å². The topological polar surface area (TPSA) is 54.0 Å². The Morgan fingerprint density at radius 3 is 2.58 bits per heavy atom. The number of aromatic nitrogens is 1. The van der Waals surface area contributed by atoms with Crippen molar-refractivity contribution in [2.24, 2.45) is 5.92 Å². The van der Waals surface area contributed by atoms with E-state index in [0.29, 0.717) is 18.9 Å².